The van der Waals surface area contributed by atoms with E-state index in [1.54, 1.807) is 19.2 Å². The maximum Gasteiger partial charge on any atom is 0.387 e. The molecule has 0 saturated carbocycles. The van der Waals surface area contributed by atoms with Crippen LogP contribution < -0.4 is 20.1 Å². The zero-order valence-corrected chi connectivity index (χ0v) is 15.0. The number of hydrogen-bond acceptors (Lipinski definition) is 3. The molecule has 0 fully saturated rings. The minimum Gasteiger partial charge on any atom is -0.497 e. The maximum atomic E-state index is 12.6. The molecular formula is C19H23F2N3O2. The number of aliphatic imine (C=N–C) groups is 1. The summed E-state index contributed by atoms with van der Waals surface area (Å²) in [6.45, 7) is -0.620. The van der Waals surface area contributed by atoms with Gasteiger partial charge in [0.1, 0.15) is 11.5 Å². The normalized spacial score (nSPS) is 12.6. The number of nitrogens with zero attached hydrogens (tertiary/aromatic N) is 1. The molecule has 0 aromatic heterocycles. The van der Waals surface area contributed by atoms with E-state index in [1.165, 1.54) is 13.2 Å². The number of hydrogen-bond donors (Lipinski definition) is 2. The lowest BCUT2D eigenvalue weighted by Gasteiger charge is -2.19. The zero-order chi connectivity index (χ0) is 18.9. The van der Waals surface area contributed by atoms with Gasteiger partial charge in [-0.25, -0.2) is 0 Å². The van der Waals surface area contributed by atoms with Crippen molar-refractivity contribution in [1.82, 2.24) is 10.6 Å². The van der Waals surface area contributed by atoms with Crippen molar-refractivity contribution in [3.8, 4) is 11.5 Å². The van der Waals surface area contributed by atoms with Crippen molar-refractivity contribution in [3.63, 3.8) is 0 Å². The fourth-order valence-electron chi connectivity index (χ4n) is 2.42. The largest absolute Gasteiger partial charge is 0.497 e. The highest BCUT2D eigenvalue weighted by molar-refractivity contribution is 5.80. The monoisotopic (exact) mass is 363 g/mol. The van der Waals surface area contributed by atoms with Gasteiger partial charge in [-0.3, -0.25) is 4.99 Å². The van der Waals surface area contributed by atoms with Crippen LogP contribution in [0.15, 0.2) is 53.5 Å². The molecule has 140 valence electrons. The minimum absolute atomic E-state index is 0.0371. The molecule has 0 saturated heterocycles. The SMILES string of the molecule is CN=C(NCc1ccc(OC)cc1OC(F)F)NC(C)c1ccccc1. The lowest BCUT2D eigenvalue weighted by Crippen LogP contribution is -2.38. The summed E-state index contributed by atoms with van der Waals surface area (Å²) in [7, 11) is 3.12. The van der Waals surface area contributed by atoms with Gasteiger partial charge in [-0.15, -0.1) is 0 Å². The first-order valence-electron chi connectivity index (χ1n) is 8.17. The van der Waals surface area contributed by atoms with Crippen LogP contribution in [0, 0.1) is 0 Å². The summed E-state index contributed by atoms with van der Waals surface area (Å²) < 4.78 is 34.9. The maximum absolute atomic E-state index is 12.6. The number of ether oxygens (including phenoxy) is 2. The molecule has 2 N–H and O–H groups in total. The second kappa shape index (κ2) is 9.60. The average molecular weight is 363 g/mol. The fourth-order valence-corrected chi connectivity index (χ4v) is 2.42. The summed E-state index contributed by atoms with van der Waals surface area (Å²) in [4.78, 5) is 4.17. The van der Waals surface area contributed by atoms with Gasteiger partial charge in [-0.2, -0.15) is 8.78 Å². The number of methoxy groups -OCH3 is 1. The van der Waals surface area contributed by atoms with Crippen molar-refractivity contribution < 1.29 is 18.3 Å². The van der Waals surface area contributed by atoms with Gasteiger partial charge >= 0.3 is 6.61 Å². The summed E-state index contributed by atoms with van der Waals surface area (Å²) >= 11 is 0. The van der Waals surface area contributed by atoms with Gasteiger partial charge in [-0.1, -0.05) is 30.3 Å². The molecule has 5 nitrogen and oxygen atoms in total. The topological polar surface area (TPSA) is 54.9 Å². The Kier molecular flexibility index (Phi) is 7.20. The van der Waals surface area contributed by atoms with E-state index in [0.29, 0.717) is 17.3 Å². The first-order valence-corrected chi connectivity index (χ1v) is 8.17. The predicted octanol–water partition coefficient (Wildman–Crippen LogP) is 3.72. The van der Waals surface area contributed by atoms with Crippen LogP contribution in [0.1, 0.15) is 24.1 Å². The lowest BCUT2D eigenvalue weighted by molar-refractivity contribution is -0.0505. The van der Waals surface area contributed by atoms with Crippen LogP contribution in [0.5, 0.6) is 11.5 Å². The summed E-state index contributed by atoms with van der Waals surface area (Å²) in [5.41, 5.74) is 1.68. The molecule has 0 aliphatic carbocycles. The van der Waals surface area contributed by atoms with Crippen LogP contribution in [0.25, 0.3) is 0 Å². The van der Waals surface area contributed by atoms with E-state index in [4.69, 9.17) is 4.74 Å². The van der Waals surface area contributed by atoms with Gasteiger partial charge in [0.15, 0.2) is 5.96 Å². The Morgan fingerprint density at radius 3 is 2.50 bits per heavy atom. The summed E-state index contributed by atoms with van der Waals surface area (Å²) in [5.74, 6) is 1.07. The van der Waals surface area contributed by atoms with Crippen LogP contribution in [0.2, 0.25) is 0 Å². The second-order valence-corrected chi connectivity index (χ2v) is 5.55. The quantitative estimate of drug-likeness (QED) is 0.581. The van der Waals surface area contributed by atoms with Crippen LogP contribution in [-0.2, 0) is 6.54 Å². The molecule has 0 aliphatic heterocycles. The Morgan fingerprint density at radius 1 is 1.15 bits per heavy atom. The predicted molar refractivity (Wildman–Crippen MR) is 97.8 cm³/mol. The highest BCUT2D eigenvalue weighted by Crippen LogP contribution is 2.26. The molecule has 2 rings (SSSR count). The van der Waals surface area contributed by atoms with Gasteiger partial charge in [0.25, 0.3) is 0 Å². The molecule has 0 radical (unpaired) electrons. The molecule has 0 aliphatic rings. The molecule has 7 heteroatoms. The number of halogens is 2. The van der Waals surface area contributed by atoms with E-state index in [1.807, 2.05) is 37.3 Å². The highest BCUT2D eigenvalue weighted by atomic mass is 19.3. The highest BCUT2D eigenvalue weighted by Gasteiger charge is 2.13. The first-order chi connectivity index (χ1) is 12.5. The Labute approximate surface area is 152 Å². The fraction of sp³-hybridized carbons (Fsp3) is 0.316. The van der Waals surface area contributed by atoms with Gasteiger partial charge in [-0.05, 0) is 24.6 Å². The van der Waals surface area contributed by atoms with Crippen LogP contribution >= 0.6 is 0 Å². The third-order valence-electron chi connectivity index (χ3n) is 3.81. The molecule has 0 amide bonds. The van der Waals surface area contributed by atoms with Crippen molar-refractivity contribution in [1.29, 1.82) is 0 Å². The number of alkyl halides is 2. The summed E-state index contributed by atoms with van der Waals surface area (Å²) in [6.07, 6.45) is 0. The molecule has 2 aromatic carbocycles. The molecule has 0 spiro atoms. The Bertz CT molecular complexity index is 724. The average Bonchev–Trinajstić information content (AvgIpc) is 2.65. The number of rotatable bonds is 7. The second-order valence-electron chi connectivity index (χ2n) is 5.55. The first kappa shape index (κ1) is 19.5. The Balaban J connectivity index is 2.04. The minimum atomic E-state index is -2.91. The smallest absolute Gasteiger partial charge is 0.387 e. The van der Waals surface area contributed by atoms with E-state index in [2.05, 4.69) is 20.4 Å². The van der Waals surface area contributed by atoms with Crippen molar-refractivity contribution in [2.24, 2.45) is 4.99 Å². The van der Waals surface area contributed by atoms with Crippen LogP contribution in [0.3, 0.4) is 0 Å². The van der Waals surface area contributed by atoms with Gasteiger partial charge in [0.05, 0.1) is 13.2 Å². The van der Waals surface area contributed by atoms with Crippen molar-refractivity contribution >= 4 is 5.96 Å². The number of benzene rings is 2. The van der Waals surface area contributed by atoms with Gasteiger partial charge < -0.3 is 20.1 Å². The van der Waals surface area contributed by atoms with Gasteiger partial charge in [0.2, 0.25) is 0 Å². The summed E-state index contributed by atoms with van der Waals surface area (Å²) in [5, 5.41) is 6.37. The number of nitrogens with one attached hydrogen (secondary N) is 2. The van der Waals surface area contributed by atoms with Crippen LogP contribution in [0.4, 0.5) is 8.78 Å². The van der Waals surface area contributed by atoms with E-state index < -0.39 is 6.61 Å². The Morgan fingerprint density at radius 2 is 1.88 bits per heavy atom. The lowest BCUT2D eigenvalue weighted by atomic mass is 10.1. The molecule has 0 bridgehead atoms. The number of guanidine groups is 1. The van der Waals surface area contributed by atoms with Crippen LogP contribution in [-0.4, -0.2) is 26.7 Å². The van der Waals surface area contributed by atoms with Crippen molar-refractivity contribution in [2.45, 2.75) is 26.1 Å². The summed E-state index contributed by atoms with van der Waals surface area (Å²) in [6, 6.07) is 14.8. The standard InChI is InChI=1S/C19H23F2N3O2/c1-13(14-7-5-4-6-8-14)24-19(22-2)23-12-15-9-10-16(25-3)11-17(15)26-18(20)21/h4-11,13,18H,12H2,1-3H3,(H2,22,23,24). The molecule has 1 atom stereocenters. The molecule has 0 heterocycles. The molecule has 2 aromatic rings. The van der Waals surface area contributed by atoms with E-state index in [0.717, 1.165) is 5.56 Å². The van der Waals surface area contributed by atoms with E-state index in [9.17, 15) is 8.78 Å². The van der Waals surface area contributed by atoms with E-state index >= 15 is 0 Å². The zero-order valence-electron chi connectivity index (χ0n) is 15.0. The molecular weight excluding hydrogens is 340 g/mol. The van der Waals surface area contributed by atoms with E-state index in [-0.39, 0.29) is 18.3 Å². The molecule has 1 unspecified atom stereocenters. The molecule has 26 heavy (non-hydrogen) atoms. The third-order valence-corrected chi connectivity index (χ3v) is 3.81. The van der Waals surface area contributed by atoms with Gasteiger partial charge in [0, 0.05) is 25.2 Å². The van der Waals surface area contributed by atoms with Crippen molar-refractivity contribution in [2.75, 3.05) is 14.2 Å². The van der Waals surface area contributed by atoms with Crippen molar-refractivity contribution in [3.05, 3.63) is 59.7 Å². The Hall–Kier alpha value is -2.83. The third kappa shape index (κ3) is 5.61.